The third-order valence-electron chi connectivity index (χ3n) is 3.65. The summed E-state index contributed by atoms with van der Waals surface area (Å²) in [4.78, 5) is 10.7. The minimum Gasteiger partial charge on any atom is -0.310 e. The van der Waals surface area contributed by atoms with Crippen molar-refractivity contribution in [2.24, 2.45) is 0 Å². The van der Waals surface area contributed by atoms with E-state index in [0.29, 0.717) is 6.04 Å². The summed E-state index contributed by atoms with van der Waals surface area (Å²) in [6.45, 7) is 9.68. The van der Waals surface area contributed by atoms with Gasteiger partial charge in [-0.2, -0.15) is 0 Å². The minimum absolute atomic E-state index is 0.623. The number of likely N-dealkylation sites (N-methyl/N-ethyl adjacent to an activating group) is 2. The highest BCUT2D eigenvalue weighted by Crippen LogP contribution is 2.16. The van der Waals surface area contributed by atoms with Crippen molar-refractivity contribution < 1.29 is 0 Å². The fourth-order valence-electron chi connectivity index (χ4n) is 2.41. The SMILES string of the molecule is Cc1nc(C)c(CNCC2CN(C)CCN2C)s1. The number of piperazine rings is 1. The number of aryl methyl sites for hydroxylation is 2. The molecule has 0 spiro atoms. The molecule has 1 aliphatic rings. The predicted octanol–water partition coefficient (Wildman–Crippen LogP) is 1.10. The summed E-state index contributed by atoms with van der Waals surface area (Å²) in [6, 6.07) is 0.623. The second-order valence-electron chi connectivity index (χ2n) is 5.27. The molecule has 0 saturated carbocycles. The van der Waals surface area contributed by atoms with Crippen molar-refractivity contribution >= 4 is 11.3 Å². The van der Waals surface area contributed by atoms with E-state index in [-0.39, 0.29) is 0 Å². The minimum atomic E-state index is 0.623. The number of aromatic nitrogens is 1. The zero-order valence-corrected chi connectivity index (χ0v) is 12.7. The Labute approximate surface area is 114 Å². The van der Waals surface area contributed by atoms with Gasteiger partial charge in [0, 0.05) is 43.6 Å². The van der Waals surface area contributed by atoms with Crippen molar-refractivity contribution in [2.75, 3.05) is 40.3 Å². The molecule has 1 fully saturated rings. The molecule has 0 aromatic carbocycles. The third kappa shape index (κ3) is 3.51. The van der Waals surface area contributed by atoms with Crippen LogP contribution in [-0.2, 0) is 6.54 Å². The standard InChI is InChI=1S/C13H24N4S/c1-10-13(18-11(2)15-10)8-14-7-12-9-16(3)5-6-17(12)4/h12,14H,5-9H2,1-4H3. The molecule has 102 valence electrons. The maximum atomic E-state index is 4.46. The molecule has 2 rings (SSSR count). The fourth-order valence-corrected chi connectivity index (χ4v) is 3.32. The zero-order chi connectivity index (χ0) is 13.1. The molecule has 1 saturated heterocycles. The van der Waals surface area contributed by atoms with Crippen LogP contribution in [0, 0.1) is 13.8 Å². The summed E-state index contributed by atoms with van der Waals surface area (Å²) >= 11 is 1.80. The van der Waals surface area contributed by atoms with E-state index in [1.54, 1.807) is 11.3 Å². The molecular weight excluding hydrogens is 244 g/mol. The number of nitrogens with one attached hydrogen (secondary N) is 1. The van der Waals surface area contributed by atoms with E-state index in [4.69, 9.17) is 0 Å². The average Bonchev–Trinajstić information content (AvgIpc) is 2.62. The monoisotopic (exact) mass is 268 g/mol. The number of rotatable bonds is 4. The quantitative estimate of drug-likeness (QED) is 0.886. The third-order valence-corrected chi connectivity index (χ3v) is 4.72. The van der Waals surface area contributed by atoms with Crippen molar-refractivity contribution in [3.05, 3.63) is 15.6 Å². The van der Waals surface area contributed by atoms with Crippen molar-refractivity contribution in [2.45, 2.75) is 26.4 Å². The van der Waals surface area contributed by atoms with E-state index in [2.05, 4.69) is 48.0 Å². The van der Waals surface area contributed by atoms with Crippen LogP contribution in [0.15, 0.2) is 0 Å². The van der Waals surface area contributed by atoms with Crippen LogP contribution in [-0.4, -0.2) is 61.1 Å². The molecule has 1 N–H and O–H groups in total. The Hall–Kier alpha value is -0.490. The van der Waals surface area contributed by atoms with Crippen LogP contribution in [0.3, 0.4) is 0 Å². The van der Waals surface area contributed by atoms with E-state index in [1.807, 2.05) is 0 Å². The first-order valence-electron chi connectivity index (χ1n) is 6.58. The second-order valence-corrected chi connectivity index (χ2v) is 6.56. The molecule has 0 aliphatic carbocycles. The maximum Gasteiger partial charge on any atom is 0.0900 e. The Balaban J connectivity index is 1.79. The van der Waals surface area contributed by atoms with Gasteiger partial charge in [-0.3, -0.25) is 4.90 Å². The van der Waals surface area contributed by atoms with Gasteiger partial charge in [0.05, 0.1) is 10.7 Å². The van der Waals surface area contributed by atoms with E-state index < -0.39 is 0 Å². The summed E-state index contributed by atoms with van der Waals surface area (Å²) in [5.41, 5.74) is 1.18. The lowest BCUT2D eigenvalue weighted by atomic mass is 10.2. The first kappa shape index (κ1) is 13.9. The highest BCUT2D eigenvalue weighted by molar-refractivity contribution is 7.11. The molecule has 4 nitrogen and oxygen atoms in total. The molecule has 1 aromatic heterocycles. The van der Waals surface area contributed by atoms with Crippen LogP contribution < -0.4 is 5.32 Å². The molecule has 2 heterocycles. The van der Waals surface area contributed by atoms with Gasteiger partial charge in [-0.25, -0.2) is 4.98 Å². The molecule has 5 heteroatoms. The van der Waals surface area contributed by atoms with E-state index in [1.165, 1.54) is 28.7 Å². The molecule has 0 bridgehead atoms. The van der Waals surface area contributed by atoms with E-state index in [9.17, 15) is 0 Å². The molecule has 1 unspecified atom stereocenters. The van der Waals surface area contributed by atoms with Gasteiger partial charge in [-0.1, -0.05) is 0 Å². The van der Waals surface area contributed by atoms with Crippen molar-refractivity contribution in [3.8, 4) is 0 Å². The average molecular weight is 268 g/mol. The van der Waals surface area contributed by atoms with Crippen LogP contribution in [0.4, 0.5) is 0 Å². The largest absolute Gasteiger partial charge is 0.310 e. The molecule has 0 radical (unpaired) electrons. The lowest BCUT2D eigenvalue weighted by Crippen LogP contribution is -2.53. The lowest BCUT2D eigenvalue weighted by molar-refractivity contribution is 0.113. The Morgan fingerprint density at radius 3 is 2.78 bits per heavy atom. The molecule has 1 atom stereocenters. The molecular formula is C13H24N4S. The summed E-state index contributed by atoms with van der Waals surface area (Å²) in [6.07, 6.45) is 0. The Bertz CT molecular complexity index is 390. The van der Waals surface area contributed by atoms with E-state index in [0.717, 1.165) is 19.6 Å². The van der Waals surface area contributed by atoms with Crippen LogP contribution in [0.1, 0.15) is 15.6 Å². The van der Waals surface area contributed by atoms with Crippen molar-refractivity contribution in [3.63, 3.8) is 0 Å². The van der Waals surface area contributed by atoms with Crippen LogP contribution in [0.25, 0.3) is 0 Å². The van der Waals surface area contributed by atoms with Gasteiger partial charge in [-0.15, -0.1) is 11.3 Å². The maximum absolute atomic E-state index is 4.46. The van der Waals surface area contributed by atoms with Crippen LogP contribution >= 0.6 is 11.3 Å². The normalized spacial score (nSPS) is 22.6. The van der Waals surface area contributed by atoms with E-state index >= 15 is 0 Å². The van der Waals surface area contributed by atoms with Crippen LogP contribution in [0.2, 0.25) is 0 Å². The number of thiazole rings is 1. The van der Waals surface area contributed by atoms with Gasteiger partial charge in [0.25, 0.3) is 0 Å². The number of nitrogens with zero attached hydrogens (tertiary/aromatic N) is 3. The van der Waals surface area contributed by atoms with Gasteiger partial charge >= 0.3 is 0 Å². The Morgan fingerprint density at radius 2 is 2.11 bits per heavy atom. The first-order valence-corrected chi connectivity index (χ1v) is 7.40. The van der Waals surface area contributed by atoms with Gasteiger partial charge in [0.15, 0.2) is 0 Å². The van der Waals surface area contributed by atoms with Gasteiger partial charge in [-0.05, 0) is 27.9 Å². The fraction of sp³-hybridized carbons (Fsp3) is 0.769. The molecule has 1 aliphatic heterocycles. The summed E-state index contributed by atoms with van der Waals surface area (Å²) in [5, 5.41) is 4.74. The molecule has 18 heavy (non-hydrogen) atoms. The first-order chi connectivity index (χ1) is 8.56. The van der Waals surface area contributed by atoms with Gasteiger partial charge in [0.2, 0.25) is 0 Å². The number of hydrogen-bond acceptors (Lipinski definition) is 5. The zero-order valence-electron chi connectivity index (χ0n) is 11.9. The summed E-state index contributed by atoms with van der Waals surface area (Å²) in [5.74, 6) is 0. The topological polar surface area (TPSA) is 31.4 Å². The molecule has 1 aromatic rings. The summed E-state index contributed by atoms with van der Waals surface area (Å²) < 4.78 is 0. The molecule has 0 amide bonds. The van der Waals surface area contributed by atoms with Crippen molar-refractivity contribution in [1.29, 1.82) is 0 Å². The highest BCUT2D eigenvalue weighted by Gasteiger charge is 2.21. The smallest absolute Gasteiger partial charge is 0.0900 e. The predicted molar refractivity (Wildman–Crippen MR) is 77.2 cm³/mol. The van der Waals surface area contributed by atoms with Crippen LogP contribution in [0.5, 0.6) is 0 Å². The second kappa shape index (κ2) is 6.10. The lowest BCUT2D eigenvalue weighted by Gasteiger charge is -2.37. The summed E-state index contributed by atoms with van der Waals surface area (Å²) in [7, 11) is 4.43. The highest BCUT2D eigenvalue weighted by atomic mass is 32.1. The Kier molecular flexibility index (Phi) is 4.72. The van der Waals surface area contributed by atoms with Gasteiger partial charge < -0.3 is 10.2 Å². The van der Waals surface area contributed by atoms with Crippen molar-refractivity contribution in [1.82, 2.24) is 20.1 Å². The number of hydrogen-bond donors (Lipinski definition) is 1. The Morgan fingerprint density at radius 1 is 1.33 bits per heavy atom. The van der Waals surface area contributed by atoms with Gasteiger partial charge in [0.1, 0.15) is 0 Å².